The minimum Gasteiger partial charge on any atom is -0.478 e. The van der Waals surface area contributed by atoms with E-state index in [0.717, 1.165) is 11.1 Å². The van der Waals surface area contributed by atoms with Crippen molar-refractivity contribution in [1.82, 2.24) is 4.57 Å². The number of hydrogen-bond acceptors (Lipinski definition) is 3. The van der Waals surface area contributed by atoms with Crippen molar-refractivity contribution in [2.75, 3.05) is 0 Å². The van der Waals surface area contributed by atoms with E-state index in [1.165, 1.54) is 17.7 Å². The van der Waals surface area contributed by atoms with Crippen molar-refractivity contribution in [3.05, 3.63) is 82.1 Å². The molecule has 1 heterocycles. The standard InChI is InChI=1S/C20H14N2O3/c1-22-18(11-16(20(24)25)17(12-21)19(22)23)15-9-7-14(8-10-15)13-5-3-2-4-6-13/h2-11H,1H3,(H,24,25). The molecular weight excluding hydrogens is 316 g/mol. The summed E-state index contributed by atoms with van der Waals surface area (Å²) >= 11 is 0. The fourth-order valence-corrected chi connectivity index (χ4v) is 2.72. The summed E-state index contributed by atoms with van der Waals surface area (Å²) in [5, 5.41) is 18.3. The van der Waals surface area contributed by atoms with Gasteiger partial charge in [-0.15, -0.1) is 0 Å². The molecule has 0 aliphatic carbocycles. The number of nitrogens with zero attached hydrogens (tertiary/aromatic N) is 2. The van der Waals surface area contributed by atoms with Gasteiger partial charge in [0.2, 0.25) is 0 Å². The molecular formula is C20H14N2O3. The number of aromatic carboxylic acids is 1. The quantitative estimate of drug-likeness (QED) is 0.799. The number of rotatable bonds is 3. The topological polar surface area (TPSA) is 83.1 Å². The molecule has 1 aromatic heterocycles. The van der Waals surface area contributed by atoms with E-state index in [0.29, 0.717) is 11.3 Å². The summed E-state index contributed by atoms with van der Waals surface area (Å²) in [6, 6.07) is 20.4. The second kappa shape index (κ2) is 6.46. The van der Waals surface area contributed by atoms with Gasteiger partial charge in [0, 0.05) is 7.05 Å². The zero-order valence-electron chi connectivity index (χ0n) is 13.4. The zero-order chi connectivity index (χ0) is 18.0. The van der Waals surface area contributed by atoms with Crippen LogP contribution in [0.2, 0.25) is 0 Å². The monoisotopic (exact) mass is 330 g/mol. The Morgan fingerprint density at radius 2 is 1.56 bits per heavy atom. The fourth-order valence-electron chi connectivity index (χ4n) is 2.72. The highest BCUT2D eigenvalue weighted by atomic mass is 16.4. The van der Waals surface area contributed by atoms with E-state index >= 15 is 0 Å². The number of benzene rings is 2. The Kier molecular flexibility index (Phi) is 4.19. The van der Waals surface area contributed by atoms with Gasteiger partial charge in [0.1, 0.15) is 11.6 Å². The van der Waals surface area contributed by atoms with E-state index in [-0.39, 0.29) is 11.1 Å². The van der Waals surface area contributed by atoms with Crippen LogP contribution in [0.5, 0.6) is 0 Å². The second-order valence-electron chi connectivity index (χ2n) is 5.54. The van der Waals surface area contributed by atoms with Crippen LogP contribution < -0.4 is 5.56 Å². The van der Waals surface area contributed by atoms with Crippen LogP contribution >= 0.6 is 0 Å². The molecule has 2 aromatic carbocycles. The van der Waals surface area contributed by atoms with Crippen molar-refractivity contribution >= 4 is 5.97 Å². The molecule has 0 aliphatic heterocycles. The Labute approximate surface area is 144 Å². The molecule has 0 saturated heterocycles. The predicted octanol–water partition coefficient (Wildman–Crippen LogP) is 3.29. The molecule has 122 valence electrons. The molecule has 25 heavy (non-hydrogen) atoms. The first-order chi connectivity index (χ1) is 12.0. The fraction of sp³-hybridized carbons (Fsp3) is 0.0500. The summed E-state index contributed by atoms with van der Waals surface area (Å²) < 4.78 is 1.29. The normalized spacial score (nSPS) is 10.2. The molecule has 0 amide bonds. The molecule has 0 atom stereocenters. The summed E-state index contributed by atoms with van der Waals surface area (Å²) in [6.45, 7) is 0. The van der Waals surface area contributed by atoms with E-state index in [2.05, 4.69) is 0 Å². The van der Waals surface area contributed by atoms with Crippen LogP contribution in [-0.2, 0) is 7.05 Å². The molecule has 0 saturated carbocycles. The van der Waals surface area contributed by atoms with Crippen molar-refractivity contribution in [2.45, 2.75) is 0 Å². The van der Waals surface area contributed by atoms with Crippen LogP contribution in [0.1, 0.15) is 15.9 Å². The third kappa shape index (κ3) is 2.93. The van der Waals surface area contributed by atoms with Crippen molar-refractivity contribution in [3.63, 3.8) is 0 Å². The molecule has 0 radical (unpaired) electrons. The second-order valence-corrected chi connectivity index (χ2v) is 5.54. The smallest absolute Gasteiger partial charge is 0.337 e. The van der Waals surface area contributed by atoms with Crippen molar-refractivity contribution < 1.29 is 9.90 Å². The number of pyridine rings is 1. The molecule has 0 bridgehead atoms. The lowest BCUT2D eigenvalue weighted by atomic mass is 10.0. The Balaban J connectivity index is 2.13. The highest BCUT2D eigenvalue weighted by Gasteiger charge is 2.18. The Bertz CT molecular complexity index is 1040. The van der Waals surface area contributed by atoms with E-state index in [9.17, 15) is 14.7 Å². The summed E-state index contributed by atoms with van der Waals surface area (Å²) in [6.07, 6.45) is 0. The summed E-state index contributed by atoms with van der Waals surface area (Å²) in [5.41, 5.74) is 1.96. The maximum atomic E-state index is 12.3. The maximum Gasteiger partial charge on any atom is 0.337 e. The van der Waals surface area contributed by atoms with Crippen LogP contribution in [-0.4, -0.2) is 15.6 Å². The average molecular weight is 330 g/mol. The van der Waals surface area contributed by atoms with Gasteiger partial charge in [-0.1, -0.05) is 54.6 Å². The lowest BCUT2D eigenvalue weighted by molar-refractivity contribution is 0.0696. The van der Waals surface area contributed by atoms with E-state index in [1.54, 1.807) is 6.07 Å². The molecule has 0 fully saturated rings. The van der Waals surface area contributed by atoms with E-state index in [4.69, 9.17) is 5.26 Å². The van der Waals surface area contributed by atoms with Gasteiger partial charge in [0.15, 0.2) is 0 Å². The SMILES string of the molecule is Cn1c(-c2ccc(-c3ccccc3)cc2)cc(C(=O)O)c(C#N)c1=O. The molecule has 5 nitrogen and oxygen atoms in total. The van der Waals surface area contributed by atoms with Gasteiger partial charge in [-0.2, -0.15) is 5.26 Å². The minimum atomic E-state index is -1.29. The van der Waals surface area contributed by atoms with Gasteiger partial charge in [-0.3, -0.25) is 4.79 Å². The van der Waals surface area contributed by atoms with Crippen LogP contribution in [0.4, 0.5) is 0 Å². The van der Waals surface area contributed by atoms with Gasteiger partial charge >= 0.3 is 5.97 Å². The Morgan fingerprint density at radius 1 is 1.00 bits per heavy atom. The number of carbonyl (C=O) groups is 1. The number of carboxylic acids is 1. The highest BCUT2D eigenvalue weighted by Crippen LogP contribution is 2.25. The van der Waals surface area contributed by atoms with Gasteiger partial charge in [-0.25, -0.2) is 4.79 Å². The van der Waals surface area contributed by atoms with E-state index < -0.39 is 11.5 Å². The van der Waals surface area contributed by atoms with E-state index in [1.807, 2.05) is 54.6 Å². The predicted molar refractivity (Wildman–Crippen MR) is 94.2 cm³/mol. The molecule has 3 aromatic rings. The molecule has 3 rings (SSSR count). The average Bonchev–Trinajstić information content (AvgIpc) is 2.64. The van der Waals surface area contributed by atoms with Gasteiger partial charge < -0.3 is 9.67 Å². The molecule has 0 aliphatic rings. The van der Waals surface area contributed by atoms with Crippen molar-refractivity contribution in [3.8, 4) is 28.5 Å². The number of carboxylic acid groups (broad SMARTS) is 1. The molecule has 5 heteroatoms. The molecule has 1 N–H and O–H groups in total. The van der Waals surface area contributed by atoms with Crippen molar-refractivity contribution in [2.24, 2.45) is 7.05 Å². The van der Waals surface area contributed by atoms with Crippen LogP contribution in [0.3, 0.4) is 0 Å². The summed E-state index contributed by atoms with van der Waals surface area (Å²) in [7, 11) is 1.52. The third-order valence-electron chi connectivity index (χ3n) is 4.06. The molecule has 0 unspecified atom stereocenters. The van der Waals surface area contributed by atoms with Crippen LogP contribution in [0.25, 0.3) is 22.4 Å². The first-order valence-electron chi connectivity index (χ1n) is 7.56. The largest absolute Gasteiger partial charge is 0.478 e. The maximum absolute atomic E-state index is 12.3. The number of aromatic nitrogens is 1. The molecule has 0 spiro atoms. The first kappa shape index (κ1) is 16.2. The minimum absolute atomic E-state index is 0.285. The Morgan fingerprint density at radius 3 is 2.12 bits per heavy atom. The van der Waals surface area contributed by atoms with Crippen LogP contribution in [0.15, 0.2) is 65.5 Å². The lowest BCUT2D eigenvalue weighted by Gasteiger charge is -2.11. The number of nitriles is 1. The first-order valence-corrected chi connectivity index (χ1v) is 7.56. The summed E-state index contributed by atoms with van der Waals surface area (Å²) in [4.78, 5) is 23.7. The van der Waals surface area contributed by atoms with Crippen LogP contribution in [0, 0.1) is 11.3 Å². The lowest BCUT2D eigenvalue weighted by Crippen LogP contribution is -2.24. The van der Waals surface area contributed by atoms with Gasteiger partial charge in [0.25, 0.3) is 5.56 Å². The van der Waals surface area contributed by atoms with Gasteiger partial charge in [0.05, 0.1) is 11.3 Å². The zero-order valence-corrected chi connectivity index (χ0v) is 13.4. The third-order valence-corrected chi connectivity index (χ3v) is 4.06. The number of hydrogen-bond donors (Lipinski definition) is 1. The van der Waals surface area contributed by atoms with Gasteiger partial charge in [-0.05, 0) is 22.8 Å². The van der Waals surface area contributed by atoms with Crippen molar-refractivity contribution in [1.29, 1.82) is 5.26 Å². The summed E-state index contributed by atoms with van der Waals surface area (Å²) in [5.74, 6) is -1.29. The highest BCUT2D eigenvalue weighted by molar-refractivity contribution is 5.91. The Hall–Kier alpha value is -3.65.